The first-order valence-electron chi connectivity index (χ1n) is 5.42. The van der Waals surface area contributed by atoms with Gasteiger partial charge < -0.3 is 10.1 Å². The van der Waals surface area contributed by atoms with Crippen molar-refractivity contribution >= 4 is 0 Å². The maximum Gasteiger partial charge on any atom is 0.0569 e. The summed E-state index contributed by atoms with van der Waals surface area (Å²) in [6.45, 7) is 12.8. The van der Waals surface area contributed by atoms with Crippen molar-refractivity contribution in [3.8, 4) is 0 Å². The van der Waals surface area contributed by atoms with Crippen LogP contribution >= 0.6 is 0 Å². The molecule has 0 fully saturated rings. The van der Waals surface area contributed by atoms with Crippen LogP contribution in [0.2, 0.25) is 0 Å². The van der Waals surface area contributed by atoms with E-state index < -0.39 is 0 Å². The molecule has 0 heterocycles. The molecule has 80 valence electrons. The van der Waals surface area contributed by atoms with Crippen LogP contribution in [0.5, 0.6) is 0 Å². The third-order valence-corrected chi connectivity index (χ3v) is 2.42. The molecule has 0 aliphatic carbocycles. The van der Waals surface area contributed by atoms with Crippen LogP contribution in [0.1, 0.15) is 41.0 Å². The molecule has 2 atom stereocenters. The maximum atomic E-state index is 5.68. The van der Waals surface area contributed by atoms with E-state index in [-0.39, 0.29) is 0 Å². The predicted octanol–water partition coefficient (Wildman–Crippen LogP) is 2.44. The van der Waals surface area contributed by atoms with Gasteiger partial charge in [-0.15, -0.1) is 0 Å². The van der Waals surface area contributed by atoms with Crippen LogP contribution in [-0.2, 0) is 4.74 Å². The van der Waals surface area contributed by atoms with Crippen LogP contribution in [0.4, 0.5) is 0 Å². The van der Waals surface area contributed by atoms with Gasteiger partial charge in [-0.1, -0.05) is 20.8 Å². The van der Waals surface area contributed by atoms with Gasteiger partial charge in [-0.2, -0.15) is 0 Å². The molecule has 2 heteroatoms. The molecule has 0 bridgehead atoms. The normalized spacial score (nSPS) is 16.2. The Hall–Kier alpha value is -0.0800. The highest BCUT2D eigenvalue weighted by atomic mass is 16.5. The summed E-state index contributed by atoms with van der Waals surface area (Å²) in [7, 11) is 0. The molecular formula is C11H25NO. The molecule has 0 aliphatic heterocycles. The van der Waals surface area contributed by atoms with Crippen LogP contribution in [-0.4, -0.2) is 25.3 Å². The molecule has 0 rings (SSSR count). The first kappa shape index (κ1) is 12.9. The van der Waals surface area contributed by atoms with Gasteiger partial charge in [0.1, 0.15) is 0 Å². The van der Waals surface area contributed by atoms with Gasteiger partial charge in [0.05, 0.1) is 6.10 Å². The highest BCUT2D eigenvalue weighted by molar-refractivity contribution is 4.60. The third kappa shape index (κ3) is 7.03. The minimum Gasteiger partial charge on any atom is -0.378 e. The highest BCUT2D eigenvalue weighted by Crippen LogP contribution is 2.05. The van der Waals surface area contributed by atoms with Crippen LogP contribution in [0.25, 0.3) is 0 Å². The second-order valence-electron chi connectivity index (χ2n) is 4.07. The average molecular weight is 187 g/mol. The average Bonchev–Trinajstić information content (AvgIpc) is 2.04. The van der Waals surface area contributed by atoms with E-state index in [2.05, 4.69) is 39.9 Å². The molecule has 13 heavy (non-hydrogen) atoms. The number of ether oxygens (including phenoxy) is 1. The Kier molecular flexibility index (Phi) is 7.29. The zero-order chi connectivity index (χ0) is 10.3. The van der Waals surface area contributed by atoms with Crippen LogP contribution in [0, 0.1) is 5.92 Å². The lowest BCUT2D eigenvalue weighted by atomic mass is 10.1. The Morgan fingerprint density at radius 1 is 1.15 bits per heavy atom. The van der Waals surface area contributed by atoms with Gasteiger partial charge in [0.2, 0.25) is 0 Å². The molecule has 0 spiro atoms. The molecule has 2 nitrogen and oxygen atoms in total. The van der Waals surface area contributed by atoms with Gasteiger partial charge >= 0.3 is 0 Å². The molecule has 0 aromatic heterocycles. The fourth-order valence-electron chi connectivity index (χ4n) is 1.07. The predicted molar refractivity (Wildman–Crippen MR) is 58.0 cm³/mol. The van der Waals surface area contributed by atoms with E-state index in [1.54, 1.807) is 0 Å². The minimum absolute atomic E-state index is 0.383. The second kappa shape index (κ2) is 7.34. The molecule has 1 N–H and O–H groups in total. The summed E-state index contributed by atoms with van der Waals surface area (Å²) in [4.78, 5) is 0. The van der Waals surface area contributed by atoms with Crippen molar-refractivity contribution in [1.29, 1.82) is 0 Å². The number of rotatable bonds is 7. The second-order valence-corrected chi connectivity index (χ2v) is 4.07. The van der Waals surface area contributed by atoms with Crippen molar-refractivity contribution in [2.24, 2.45) is 5.92 Å². The standard InChI is InChI=1S/C11H25NO/c1-6-12-10(4)7-8-13-11(5)9(2)3/h9-12H,6-8H2,1-5H3. The number of hydrogen-bond acceptors (Lipinski definition) is 2. The topological polar surface area (TPSA) is 21.3 Å². The molecule has 0 radical (unpaired) electrons. The Bertz CT molecular complexity index is 115. The van der Waals surface area contributed by atoms with Crippen molar-refractivity contribution in [2.75, 3.05) is 13.2 Å². The summed E-state index contributed by atoms with van der Waals surface area (Å²) in [6.07, 6.45) is 1.49. The van der Waals surface area contributed by atoms with E-state index >= 15 is 0 Å². The van der Waals surface area contributed by atoms with Crippen molar-refractivity contribution in [3.05, 3.63) is 0 Å². The van der Waals surface area contributed by atoms with Gasteiger partial charge in [0.25, 0.3) is 0 Å². The van der Waals surface area contributed by atoms with Crippen LogP contribution < -0.4 is 5.32 Å². The van der Waals surface area contributed by atoms with E-state index in [0.717, 1.165) is 19.6 Å². The number of nitrogens with one attached hydrogen (secondary N) is 1. The maximum absolute atomic E-state index is 5.68. The zero-order valence-corrected chi connectivity index (χ0v) is 9.76. The SMILES string of the molecule is CCNC(C)CCOC(C)C(C)C. The molecule has 0 aromatic carbocycles. The lowest BCUT2D eigenvalue weighted by molar-refractivity contribution is 0.0310. The van der Waals surface area contributed by atoms with Gasteiger partial charge in [-0.3, -0.25) is 0 Å². The smallest absolute Gasteiger partial charge is 0.0569 e. The lowest BCUT2D eigenvalue weighted by Gasteiger charge is -2.18. The summed E-state index contributed by atoms with van der Waals surface area (Å²) in [5.41, 5.74) is 0. The fourth-order valence-corrected chi connectivity index (χ4v) is 1.07. The Morgan fingerprint density at radius 2 is 1.77 bits per heavy atom. The van der Waals surface area contributed by atoms with Crippen molar-refractivity contribution in [2.45, 2.75) is 53.2 Å². The van der Waals surface area contributed by atoms with Crippen molar-refractivity contribution < 1.29 is 4.74 Å². The molecular weight excluding hydrogens is 162 g/mol. The van der Waals surface area contributed by atoms with Crippen LogP contribution in [0.3, 0.4) is 0 Å². The molecule has 0 amide bonds. The van der Waals surface area contributed by atoms with E-state index in [9.17, 15) is 0 Å². The summed E-state index contributed by atoms with van der Waals surface area (Å²) < 4.78 is 5.68. The summed E-state index contributed by atoms with van der Waals surface area (Å²) >= 11 is 0. The molecule has 0 saturated heterocycles. The third-order valence-electron chi connectivity index (χ3n) is 2.42. The lowest BCUT2D eigenvalue weighted by Crippen LogP contribution is -2.28. The van der Waals surface area contributed by atoms with Crippen molar-refractivity contribution in [3.63, 3.8) is 0 Å². The first-order chi connectivity index (χ1) is 6.07. The Labute approximate surface area is 83.1 Å². The van der Waals surface area contributed by atoms with Crippen molar-refractivity contribution in [1.82, 2.24) is 5.32 Å². The van der Waals surface area contributed by atoms with E-state index in [1.807, 2.05) is 0 Å². The van der Waals surface area contributed by atoms with Crippen LogP contribution in [0.15, 0.2) is 0 Å². The zero-order valence-electron chi connectivity index (χ0n) is 9.76. The number of hydrogen-bond donors (Lipinski definition) is 1. The minimum atomic E-state index is 0.383. The fraction of sp³-hybridized carbons (Fsp3) is 1.00. The largest absolute Gasteiger partial charge is 0.378 e. The van der Waals surface area contributed by atoms with Gasteiger partial charge in [0.15, 0.2) is 0 Å². The summed E-state index contributed by atoms with van der Waals surface area (Å²) in [5, 5.41) is 3.37. The van der Waals surface area contributed by atoms with E-state index in [0.29, 0.717) is 18.1 Å². The molecule has 0 saturated carbocycles. The van der Waals surface area contributed by atoms with Gasteiger partial charge in [-0.05, 0) is 32.7 Å². The summed E-state index contributed by atoms with van der Waals surface area (Å²) in [5.74, 6) is 0.620. The van der Waals surface area contributed by atoms with E-state index in [4.69, 9.17) is 4.74 Å². The highest BCUT2D eigenvalue weighted by Gasteiger charge is 2.07. The molecule has 0 aliphatic rings. The Morgan fingerprint density at radius 3 is 2.23 bits per heavy atom. The van der Waals surface area contributed by atoms with Gasteiger partial charge in [0, 0.05) is 12.6 Å². The first-order valence-corrected chi connectivity index (χ1v) is 5.42. The van der Waals surface area contributed by atoms with E-state index in [1.165, 1.54) is 0 Å². The summed E-state index contributed by atoms with van der Waals surface area (Å²) in [6, 6.07) is 0.573. The Balaban J connectivity index is 3.33. The van der Waals surface area contributed by atoms with Gasteiger partial charge in [-0.25, -0.2) is 0 Å². The monoisotopic (exact) mass is 187 g/mol. The molecule has 0 aromatic rings. The molecule has 2 unspecified atom stereocenters. The quantitative estimate of drug-likeness (QED) is 0.661.